The van der Waals surface area contributed by atoms with Crippen molar-refractivity contribution in [1.29, 1.82) is 5.26 Å². The average molecular weight is 1960 g/mol. The molecule has 4 amide bonds. The molecule has 11 heterocycles. The van der Waals surface area contributed by atoms with Gasteiger partial charge >= 0.3 is 0 Å². The third-order valence-electron chi connectivity index (χ3n) is 28.6. The van der Waals surface area contributed by atoms with Crippen LogP contribution in [0.5, 0.6) is 0 Å². The van der Waals surface area contributed by atoms with E-state index in [0.717, 1.165) is 194 Å². The van der Waals surface area contributed by atoms with Gasteiger partial charge in [0.15, 0.2) is 5.69 Å². The molecule has 23 nitrogen and oxygen atoms in total. The Morgan fingerprint density at radius 3 is 1.46 bits per heavy atom. The molecule has 31 heteroatoms. The number of amides is 4. The van der Waals surface area contributed by atoms with Gasteiger partial charge in [0.1, 0.15) is 17.4 Å². The predicted octanol–water partition coefficient (Wildman–Crippen LogP) is 21.0. The lowest BCUT2D eigenvalue weighted by Gasteiger charge is -2.42. The number of nitrogens with one attached hydrogen (secondary N) is 4. The summed E-state index contributed by atoms with van der Waals surface area (Å²) in [5, 5.41) is 52.6. The lowest BCUT2D eigenvalue weighted by Crippen LogP contribution is -2.58. The Bertz CT molecular complexity index is 6590. The number of hydrogen-bond acceptors (Lipinski definition) is 15. The summed E-state index contributed by atoms with van der Waals surface area (Å²) in [6.45, 7) is 21.3. The van der Waals surface area contributed by atoms with Crippen LogP contribution in [0, 0.1) is 17.1 Å². The van der Waals surface area contributed by atoms with Crippen molar-refractivity contribution < 1.29 is 23.6 Å². The topological polar surface area (TPSA) is 241 Å². The quantitative estimate of drug-likeness (QED) is 0.0663. The minimum Gasteiger partial charge on any atom is -0.365 e. The second kappa shape index (κ2) is 42.0. The van der Waals surface area contributed by atoms with Crippen LogP contribution in [0.1, 0.15) is 200 Å². The van der Waals surface area contributed by atoms with Gasteiger partial charge in [0.2, 0.25) is 23.6 Å². The Kier molecular flexibility index (Phi) is 30.0. The second-order valence-electron chi connectivity index (χ2n) is 37.0. The van der Waals surface area contributed by atoms with Crippen LogP contribution in [0.25, 0.3) is 60.5 Å². The molecular weight excluding hydrogens is 1850 g/mol. The van der Waals surface area contributed by atoms with E-state index >= 15 is 0 Å². The number of carbonyl (C=O) groups is 4. The summed E-state index contributed by atoms with van der Waals surface area (Å²) in [6, 6.07) is 48.2. The largest absolute Gasteiger partial charge is 0.365 e. The maximum absolute atomic E-state index is 14.5. The minimum absolute atomic E-state index is 0.0318. The normalized spacial score (nSPS) is 20.5. The maximum atomic E-state index is 14.5. The van der Waals surface area contributed by atoms with Crippen LogP contribution in [0.3, 0.4) is 0 Å². The van der Waals surface area contributed by atoms with Crippen molar-refractivity contribution in [1.82, 2.24) is 85.2 Å². The van der Waals surface area contributed by atoms with Crippen molar-refractivity contribution in [3.8, 4) is 6.07 Å². The number of piperazine rings is 1. The highest BCUT2D eigenvalue weighted by molar-refractivity contribution is 6.36. The van der Waals surface area contributed by atoms with Crippen LogP contribution in [-0.2, 0) is 19.2 Å². The average Bonchev–Trinajstić information content (AvgIpc) is 1.61. The summed E-state index contributed by atoms with van der Waals surface area (Å²) >= 11 is 43.6. The number of nitrogens with zero attached hydrogens (tertiary/aromatic N) is 15. The molecule has 8 aliphatic rings. The molecule has 8 atom stereocenters. The van der Waals surface area contributed by atoms with Crippen LogP contribution in [0.2, 0.25) is 35.2 Å². The van der Waals surface area contributed by atoms with E-state index in [2.05, 4.69) is 145 Å². The molecule has 704 valence electrons. The fraction of sp³-hybridized carbons (Fsp3) is 0.404. The van der Waals surface area contributed by atoms with Crippen molar-refractivity contribution in [2.45, 2.75) is 185 Å². The van der Waals surface area contributed by atoms with E-state index in [1.54, 1.807) is 35.0 Å². The lowest BCUT2D eigenvalue weighted by atomic mass is 9.80. The van der Waals surface area contributed by atoms with E-state index in [1.165, 1.54) is 40.3 Å². The van der Waals surface area contributed by atoms with Gasteiger partial charge in [-0.2, -0.15) is 20.6 Å². The van der Waals surface area contributed by atoms with Crippen molar-refractivity contribution >= 4 is 171 Å². The molecule has 0 bridgehead atoms. The van der Waals surface area contributed by atoms with E-state index in [4.69, 9.17) is 81.2 Å². The Hall–Kier alpha value is -10.2. The first-order chi connectivity index (χ1) is 65.1. The number of anilines is 1. The van der Waals surface area contributed by atoms with Gasteiger partial charge < -0.3 is 45.8 Å². The van der Waals surface area contributed by atoms with Crippen LogP contribution < -0.4 is 26.2 Å². The fourth-order valence-electron chi connectivity index (χ4n) is 20.7. The molecule has 4 N–H and O–H groups in total. The smallest absolute Gasteiger partial charge is 0.243 e. The Morgan fingerprint density at radius 2 is 0.985 bits per heavy atom. The highest BCUT2D eigenvalue weighted by atomic mass is 35.5. The van der Waals surface area contributed by atoms with Crippen LogP contribution in [-0.4, -0.2) is 202 Å². The minimum atomic E-state index is -0.407. The number of rotatable bonds is 17. The molecule has 8 aromatic carbocycles. The summed E-state index contributed by atoms with van der Waals surface area (Å²) < 4.78 is 22.2. The SMILES string of the molecule is CC(c1ccc(Cl)cc1Cl)n1nc(C#N)c2ccc(C3=CCN(C(=O)[C@H]4CCCN4)CC3)cc21.CC(c1ccc(Cl)cc1Cl)n1ncc2ccc(C3=CCN(C(=O)[C@@]4(C)CCCN4)CC3)cc21.CC(c1ccc(Cl)cc1F)n1nnc2ccc(N3CCN(C(=O)[C@H]4CCCN4)C[C@@H]3C)cc21.CNC1(C(=O)N2CC=C(c3ccc4cnn(C(C)c5ccc(Cl)cc5Cl)c4c3)CC2)CCCCC1. The van der Waals surface area contributed by atoms with Gasteiger partial charge in [-0.25, -0.2) is 9.07 Å². The third kappa shape index (κ3) is 20.7. The zero-order chi connectivity index (χ0) is 94.7. The first-order valence-electron chi connectivity index (χ1n) is 47.1. The van der Waals surface area contributed by atoms with E-state index in [9.17, 15) is 28.8 Å². The van der Waals surface area contributed by atoms with E-state index < -0.39 is 5.54 Å². The highest BCUT2D eigenvalue weighted by Gasteiger charge is 2.43. The molecule has 4 aromatic heterocycles. The third-order valence-corrected chi connectivity index (χ3v) is 30.6. The lowest BCUT2D eigenvalue weighted by molar-refractivity contribution is -0.139. The first-order valence-corrected chi connectivity index (χ1v) is 49.7. The molecule has 20 rings (SSSR count). The molecule has 7 aliphatic heterocycles. The zero-order valence-electron chi connectivity index (χ0n) is 77.0. The summed E-state index contributed by atoms with van der Waals surface area (Å²) in [6.07, 6.45) is 24.1. The van der Waals surface area contributed by atoms with Gasteiger partial charge in [0, 0.05) is 128 Å². The van der Waals surface area contributed by atoms with Crippen LogP contribution in [0.15, 0.2) is 176 Å². The van der Waals surface area contributed by atoms with Crippen molar-refractivity contribution in [3.63, 3.8) is 0 Å². The van der Waals surface area contributed by atoms with Crippen molar-refractivity contribution in [2.75, 3.05) is 90.5 Å². The molecule has 4 saturated heterocycles. The molecule has 5 fully saturated rings. The van der Waals surface area contributed by atoms with Crippen LogP contribution >= 0.6 is 81.2 Å². The molecule has 0 spiro atoms. The molecule has 12 aromatic rings. The second-order valence-corrected chi connectivity index (χ2v) is 40.0. The molecule has 4 unspecified atom stereocenters. The number of benzene rings is 8. The predicted molar refractivity (Wildman–Crippen MR) is 541 cm³/mol. The number of halogens is 8. The summed E-state index contributed by atoms with van der Waals surface area (Å²) in [5.41, 5.74) is 15.8. The molecule has 1 aliphatic carbocycles. The van der Waals surface area contributed by atoms with Gasteiger partial charge in [-0.1, -0.05) is 179 Å². The number of carbonyl (C=O) groups excluding carboxylic acids is 4. The monoisotopic (exact) mass is 1960 g/mol. The molecule has 1 saturated carbocycles. The Labute approximate surface area is 822 Å². The number of aromatic nitrogens is 9. The highest BCUT2D eigenvalue weighted by Crippen LogP contribution is 2.41. The van der Waals surface area contributed by atoms with Gasteiger partial charge in [-0.15, -0.1) is 5.10 Å². The van der Waals surface area contributed by atoms with Crippen molar-refractivity contribution in [2.24, 2.45) is 0 Å². The number of nitriles is 1. The van der Waals surface area contributed by atoms with Crippen LogP contribution in [0.4, 0.5) is 10.1 Å². The molecular formula is C104H113Cl7FN19O4. The first kappa shape index (κ1) is 96.4. The van der Waals surface area contributed by atoms with E-state index in [-0.39, 0.29) is 77.3 Å². The van der Waals surface area contributed by atoms with Gasteiger partial charge in [-0.3, -0.25) is 33.2 Å². The summed E-state index contributed by atoms with van der Waals surface area (Å²) in [5.74, 6) is 0.542. The zero-order valence-corrected chi connectivity index (χ0v) is 82.3. The number of likely N-dealkylation sites (N-methyl/N-ethyl adjacent to an activating group) is 1. The number of fused-ring (bicyclic) bond motifs is 4. The van der Waals surface area contributed by atoms with Gasteiger partial charge in [-0.05, 0) is 280 Å². The molecule has 0 radical (unpaired) electrons. The summed E-state index contributed by atoms with van der Waals surface area (Å²) in [7, 11) is 1.94. The summed E-state index contributed by atoms with van der Waals surface area (Å²) in [4.78, 5) is 62.2. The standard InChI is InChI=1S/C28H32Cl2N4O.C26H25Cl2N5O.C26H28Cl2N4O.C24H28ClFN6O/c1-19(24-9-8-23(29)17-25(24)30)34-26-16-21(6-7-22(26)18-32-34)20-10-14-33(15-11-20)27(35)28(31-2)12-4-3-5-13-28;1-16(20-7-5-19(27)14-22(20)28)33-25-13-18(4-6-21(25)24(15-29)31-33)17-8-11-32(12-9-17)26(34)23-3-2-10-30-23;1-17(22-7-6-21(27)15-23(22)28)32-24-14-19(4-5-20(24)16-30-32)18-8-12-31(13-9-18)25(33)26(2)10-3-11-29-26;1-15-14-30(24(33)22-4-3-9-27-22)10-11-31(15)18-6-8-21-23(13-18)32(29-28-21)16(2)19-7-5-17(25)12-20(19)26/h6-10,16-19,31H,3-5,11-15H2,1-2H3;4-8,13-14,16,23,30H,2-3,9-12H2,1H3;4-8,14-17,29H,3,9-13H2,1-2H3;5-8,12-13,15-16,22,27H,3-4,9-11,14H2,1-2H3/t;16?,23-;17?,26-;15-,16?,22+/m.110/s1. The van der Waals surface area contributed by atoms with E-state index in [1.807, 2.05) is 135 Å². The fourth-order valence-corrected chi connectivity index (χ4v) is 22.5. The maximum Gasteiger partial charge on any atom is 0.243 e. The van der Waals surface area contributed by atoms with E-state index in [0.29, 0.717) is 85.7 Å². The Balaban J connectivity index is 0.000000125. The molecule has 135 heavy (non-hydrogen) atoms. The Morgan fingerprint density at radius 1 is 0.496 bits per heavy atom. The van der Waals surface area contributed by atoms with Gasteiger partial charge in [0.05, 0.1) is 81.8 Å². The van der Waals surface area contributed by atoms with Crippen molar-refractivity contribution in [3.05, 3.63) is 262 Å². The van der Waals surface area contributed by atoms with Gasteiger partial charge in [0.25, 0.3) is 0 Å². The number of hydrogen-bond donors (Lipinski definition) is 4.